The van der Waals surface area contributed by atoms with Crippen molar-refractivity contribution in [2.24, 2.45) is 0 Å². The van der Waals surface area contributed by atoms with Crippen LogP contribution in [0.1, 0.15) is 18.9 Å². The van der Waals surface area contributed by atoms with Crippen LogP contribution in [0, 0.1) is 30.1 Å². The summed E-state index contributed by atoms with van der Waals surface area (Å²) >= 11 is 3.22. The van der Waals surface area contributed by atoms with Gasteiger partial charge in [-0.3, -0.25) is 4.79 Å². The molecule has 0 spiro atoms. The van der Waals surface area contributed by atoms with E-state index in [1.54, 1.807) is 6.92 Å². The molecule has 1 radical (unpaired) electrons. The number of allylic oxidation sites excluding steroid dienone is 1. The molecule has 1 atom stereocenters. The number of amides is 1. The Hall–Kier alpha value is -0.766. The zero-order valence-corrected chi connectivity index (χ0v) is 16.8. The average Bonchev–Trinajstić information content (AvgIpc) is 2.48. The molecular weight excluding hydrogens is 445 g/mol. The fraction of sp³-hybridized carbons (Fsp3) is 0.312. The predicted molar refractivity (Wildman–Crippen MR) is 82.1 cm³/mol. The standard InChI is InChI=1S/C16H13BrF2NO2.Y/c1-3-7-22-10-8-12(18)15(13(19)9-10)14-6-5-11(17)16(21)20(14)4-2;/h1,8-9,11H,4-5,7H2,2H3;/q-1;. The molecule has 0 bridgehead atoms. The number of carbonyl (C=O) groups excluding carboxylic acids is 1. The summed E-state index contributed by atoms with van der Waals surface area (Å²) in [5, 5.41) is 0. The molecule has 0 aromatic heterocycles. The summed E-state index contributed by atoms with van der Waals surface area (Å²) in [6, 6.07) is 2.09. The molecule has 1 heterocycles. The van der Waals surface area contributed by atoms with Gasteiger partial charge in [0, 0.05) is 39.3 Å². The van der Waals surface area contributed by atoms with Gasteiger partial charge in [0.2, 0.25) is 5.91 Å². The van der Waals surface area contributed by atoms with Gasteiger partial charge in [-0.25, -0.2) is 14.9 Å². The number of rotatable bonds is 4. The monoisotopic (exact) mass is 457 g/mol. The first-order valence-electron chi connectivity index (χ1n) is 6.61. The summed E-state index contributed by atoms with van der Waals surface area (Å²) in [6.07, 6.45) is 8.17. The topological polar surface area (TPSA) is 29.5 Å². The molecule has 0 saturated heterocycles. The second-order valence-corrected chi connectivity index (χ2v) is 5.64. The van der Waals surface area contributed by atoms with Gasteiger partial charge in [-0.05, 0) is 19.1 Å². The van der Waals surface area contributed by atoms with E-state index >= 15 is 0 Å². The second-order valence-electron chi connectivity index (χ2n) is 4.53. The third-order valence-electron chi connectivity index (χ3n) is 3.14. The number of terminal acetylenes is 1. The summed E-state index contributed by atoms with van der Waals surface area (Å²) in [7, 11) is 0. The second kappa shape index (κ2) is 8.91. The van der Waals surface area contributed by atoms with Crippen LogP contribution >= 0.6 is 15.9 Å². The maximum Gasteiger partial charge on any atom is 0.236 e. The number of carbonyl (C=O) groups is 1. The largest absolute Gasteiger partial charge is 0.481 e. The van der Waals surface area contributed by atoms with Gasteiger partial charge < -0.3 is 9.64 Å². The molecule has 2 rings (SSSR count). The molecule has 0 N–H and O–H groups in total. The first-order chi connectivity index (χ1) is 10.5. The van der Waals surface area contributed by atoms with Crippen molar-refractivity contribution in [1.82, 2.24) is 4.90 Å². The van der Waals surface area contributed by atoms with Gasteiger partial charge in [0.25, 0.3) is 0 Å². The van der Waals surface area contributed by atoms with E-state index in [2.05, 4.69) is 27.9 Å². The molecular formula is C16H13BrF2NO2Y-. The molecule has 1 aromatic rings. The van der Waals surface area contributed by atoms with Gasteiger partial charge >= 0.3 is 0 Å². The van der Waals surface area contributed by atoms with Crippen molar-refractivity contribution in [1.29, 1.82) is 0 Å². The molecule has 1 aliphatic rings. The van der Waals surface area contributed by atoms with E-state index in [-0.39, 0.29) is 75.2 Å². The normalized spacial score (nSPS) is 17.2. The first-order valence-corrected chi connectivity index (χ1v) is 7.53. The van der Waals surface area contributed by atoms with Crippen LogP contribution < -0.4 is 4.74 Å². The van der Waals surface area contributed by atoms with Crippen molar-refractivity contribution in [3.8, 4) is 18.1 Å². The molecule has 3 nitrogen and oxygen atoms in total. The van der Waals surface area contributed by atoms with Gasteiger partial charge in [0.05, 0.1) is 16.5 Å². The molecule has 0 saturated carbocycles. The SMILES string of the molecule is C#CCOc1cc(F)c(C2=[C-]CC(Br)C(=O)N2CC)c(F)c1.[Y]. The predicted octanol–water partition coefficient (Wildman–Crippen LogP) is 3.13. The quantitative estimate of drug-likeness (QED) is 0.395. The van der Waals surface area contributed by atoms with Crippen molar-refractivity contribution in [3.05, 3.63) is 35.4 Å². The smallest absolute Gasteiger partial charge is 0.236 e. The van der Waals surface area contributed by atoms with Crippen molar-refractivity contribution >= 4 is 27.5 Å². The molecule has 1 aromatic carbocycles. The van der Waals surface area contributed by atoms with Gasteiger partial charge in [-0.2, -0.15) is 0 Å². The van der Waals surface area contributed by atoms with E-state index in [0.29, 0.717) is 0 Å². The van der Waals surface area contributed by atoms with E-state index in [1.807, 2.05) is 0 Å². The Kier molecular flexibility index (Phi) is 7.86. The van der Waals surface area contributed by atoms with E-state index in [0.717, 1.165) is 12.1 Å². The number of hydrogen-bond acceptors (Lipinski definition) is 2. The molecule has 23 heavy (non-hydrogen) atoms. The summed E-state index contributed by atoms with van der Waals surface area (Å²) < 4.78 is 33.6. The molecule has 1 amide bonds. The minimum Gasteiger partial charge on any atom is -0.481 e. The van der Waals surface area contributed by atoms with Gasteiger partial charge in [-0.1, -0.05) is 33.8 Å². The number of halogens is 3. The van der Waals surface area contributed by atoms with Crippen molar-refractivity contribution in [2.75, 3.05) is 13.2 Å². The Morgan fingerprint density at radius 2 is 2.09 bits per heavy atom. The molecule has 0 fully saturated rings. The van der Waals surface area contributed by atoms with Gasteiger partial charge in [-0.15, -0.1) is 12.1 Å². The maximum atomic E-state index is 14.3. The maximum absolute atomic E-state index is 14.3. The molecule has 119 valence electrons. The Labute approximate surface area is 167 Å². The Morgan fingerprint density at radius 1 is 1.48 bits per heavy atom. The number of nitrogens with zero attached hydrogens (tertiary/aromatic N) is 1. The minimum absolute atomic E-state index is 0. The summed E-state index contributed by atoms with van der Waals surface area (Å²) in [5.74, 6) is 0.320. The average molecular weight is 458 g/mol. The van der Waals surface area contributed by atoms with Crippen LogP contribution in [0.15, 0.2) is 12.1 Å². The summed E-state index contributed by atoms with van der Waals surface area (Å²) in [6.45, 7) is 1.93. The number of benzene rings is 1. The number of alkyl halides is 1. The fourth-order valence-electron chi connectivity index (χ4n) is 2.17. The summed E-state index contributed by atoms with van der Waals surface area (Å²) in [4.78, 5) is 13.0. The Balaban J connectivity index is 0.00000264. The first kappa shape index (κ1) is 20.3. The molecule has 7 heteroatoms. The third kappa shape index (κ3) is 4.40. The zero-order chi connectivity index (χ0) is 16.3. The van der Waals surface area contributed by atoms with Crippen LogP contribution in [0.4, 0.5) is 8.78 Å². The van der Waals surface area contributed by atoms with E-state index in [1.165, 1.54) is 4.90 Å². The summed E-state index contributed by atoms with van der Waals surface area (Å²) in [5.41, 5.74) is -0.177. The van der Waals surface area contributed by atoms with Crippen LogP contribution in [-0.4, -0.2) is 28.8 Å². The van der Waals surface area contributed by atoms with Crippen LogP contribution in [0.3, 0.4) is 0 Å². The van der Waals surface area contributed by atoms with Crippen LogP contribution in [0.2, 0.25) is 0 Å². The molecule has 1 aliphatic heterocycles. The van der Waals surface area contributed by atoms with E-state index < -0.39 is 16.5 Å². The molecule has 1 unspecified atom stereocenters. The van der Waals surface area contributed by atoms with Crippen molar-refractivity contribution in [2.45, 2.75) is 18.2 Å². The Bertz CT molecular complexity index is 650. The Morgan fingerprint density at radius 3 is 2.61 bits per heavy atom. The number of hydrogen-bond donors (Lipinski definition) is 0. The van der Waals surface area contributed by atoms with Crippen LogP contribution in [0.5, 0.6) is 5.75 Å². The van der Waals surface area contributed by atoms with Crippen LogP contribution in [-0.2, 0) is 37.5 Å². The van der Waals surface area contributed by atoms with Gasteiger partial charge in [0.15, 0.2) is 0 Å². The van der Waals surface area contributed by atoms with Crippen LogP contribution in [0.25, 0.3) is 5.70 Å². The van der Waals surface area contributed by atoms with E-state index in [9.17, 15) is 13.6 Å². The molecule has 0 aliphatic carbocycles. The zero-order valence-electron chi connectivity index (χ0n) is 12.4. The fourth-order valence-corrected chi connectivity index (χ4v) is 2.58. The van der Waals surface area contributed by atoms with Crippen molar-refractivity contribution in [3.63, 3.8) is 0 Å². The van der Waals surface area contributed by atoms with Crippen molar-refractivity contribution < 1.29 is 51.0 Å². The van der Waals surface area contributed by atoms with E-state index in [4.69, 9.17) is 11.2 Å². The minimum atomic E-state index is -0.825. The third-order valence-corrected chi connectivity index (χ3v) is 3.86. The van der Waals surface area contributed by atoms with Gasteiger partial charge in [0.1, 0.15) is 12.4 Å². The number of ether oxygens (including phenoxy) is 1.